The van der Waals surface area contributed by atoms with Crippen LogP contribution in [0.4, 0.5) is 0 Å². The van der Waals surface area contributed by atoms with Crippen molar-refractivity contribution in [3.8, 4) is 0 Å². The second kappa shape index (κ2) is 16.4. The Morgan fingerprint density at radius 2 is 1.86 bits per heavy atom. The number of nitrogens with one attached hydrogen (secondary N) is 2. The normalized spacial score (nSPS) is 21.7. The van der Waals surface area contributed by atoms with Gasteiger partial charge < -0.3 is 20.6 Å². The molecule has 0 aliphatic carbocycles. The zero-order valence-electron chi connectivity index (χ0n) is 23.4. The van der Waals surface area contributed by atoms with Crippen LogP contribution in [0.2, 0.25) is 0 Å². The Balaban J connectivity index is 2.22. The van der Waals surface area contributed by atoms with Crippen LogP contribution in [0.15, 0.2) is 24.3 Å². The number of hydrogen-bond donors (Lipinski definition) is 3. The fraction of sp³-hybridized carbons (Fsp3) is 0.700. The first-order chi connectivity index (χ1) is 17.8. The molecular weight excluding hydrogens is 466 g/mol. The molecule has 4 atom stereocenters. The summed E-state index contributed by atoms with van der Waals surface area (Å²) in [5.74, 6) is -0.448. The molecule has 3 N–H and O–H groups in total. The van der Waals surface area contributed by atoms with Gasteiger partial charge in [-0.3, -0.25) is 14.4 Å². The summed E-state index contributed by atoms with van der Waals surface area (Å²) in [4.78, 5) is 40.9. The van der Waals surface area contributed by atoms with E-state index in [-0.39, 0.29) is 30.1 Å². The van der Waals surface area contributed by atoms with Gasteiger partial charge in [0, 0.05) is 36.7 Å². The SMILES string of the molecule is CCCCNC(=O)C(C)CC(O)[C@@H]1C[C@H](C)CCCCCCN(CCC)C(=O)c2cccc(c2)C(=O)N1. The lowest BCUT2D eigenvalue weighted by Crippen LogP contribution is -2.46. The summed E-state index contributed by atoms with van der Waals surface area (Å²) in [5.41, 5.74) is 0.917. The Morgan fingerprint density at radius 1 is 1.14 bits per heavy atom. The first-order valence-corrected chi connectivity index (χ1v) is 14.4. The van der Waals surface area contributed by atoms with Crippen molar-refractivity contribution in [1.82, 2.24) is 15.5 Å². The Kier molecular flexibility index (Phi) is 13.7. The molecule has 1 heterocycles. The number of aliphatic hydroxyl groups is 1. The summed E-state index contributed by atoms with van der Waals surface area (Å²) in [6.45, 7) is 10.2. The maximum absolute atomic E-state index is 13.3. The van der Waals surface area contributed by atoms with Crippen LogP contribution in [0, 0.1) is 11.8 Å². The summed E-state index contributed by atoms with van der Waals surface area (Å²) in [7, 11) is 0. The van der Waals surface area contributed by atoms with E-state index in [0.717, 1.165) is 57.9 Å². The molecule has 1 aromatic rings. The van der Waals surface area contributed by atoms with Gasteiger partial charge in [0.2, 0.25) is 5.91 Å². The molecule has 0 spiro atoms. The lowest BCUT2D eigenvalue weighted by atomic mass is 9.89. The van der Waals surface area contributed by atoms with Gasteiger partial charge in [0.15, 0.2) is 0 Å². The number of aliphatic hydroxyl groups excluding tert-OH is 1. The average molecular weight is 516 g/mol. The number of carbonyl (C=O) groups is 3. The maximum atomic E-state index is 13.3. The molecule has 0 aromatic heterocycles. The summed E-state index contributed by atoms with van der Waals surface area (Å²) >= 11 is 0. The Hall–Kier alpha value is -2.41. The molecule has 0 radical (unpaired) electrons. The van der Waals surface area contributed by atoms with E-state index in [1.165, 1.54) is 0 Å². The van der Waals surface area contributed by atoms with Crippen molar-refractivity contribution in [2.45, 2.75) is 104 Å². The second-order valence-electron chi connectivity index (χ2n) is 10.8. The topological polar surface area (TPSA) is 98.7 Å². The smallest absolute Gasteiger partial charge is 0.253 e. The maximum Gasteiger partial charge on any atom is 0.253 e. The summed E-state index contributed by atoms with van der Waals surface area (Å²) in [6, 6.07) is 6.39. The van der Waals surface area contributed by atoms with Gasteiger partial charge in [-0.25, -0.2) is 0 Å². The molecule has 0 saturated carbocycles. The molecule has 37 heavy (non-hydrogen) atoms. The number of carbonyl (C=O) groups excluding carboxylic acids is 3. The summed E-state index contributed by atoms with van der Waals surface area (Å²) in [6.07, 6.45) is 8.13. The van der Waals surface area contributed by atoms with E-state index >= 15 is 0 Å². The Morgan fingerprint density at radius 3 is 2.59 bits per heavy atom. The Bertz CT molecular complexity index is 859. The number of rotatable bonds is 9. The quantitative estimate of drug-likeness (QED) is 0.406. The van der Waals surface area contributed by atoms with Crippen molar-refractivity contribution in [1.29, 1.82) is 0 Å². The first-order valence-electron chi connectivity index (χ1n) is 14.4. The van der Waals surface area contributed by atoms with Crippen LogP contribution in [0.3, 0.4) is 0 Å². The van der Waals surface area contributed by atoms with Gasteiger partial charge in [-0.15, -0.1) is 0 Å². The van der Waals surface area contributed by atoms with E-state index in [1.807, 2.05) is 11.8 Å². The third kappa shape index (κ3) is 10.5. The summed E-state index contributed by atoms with van der Waals surface area (Å²) < 4.78 is 0. The van der Waals surface area contributed by atoms with E-state index in [1.54, 1.807) is 24.3 Å². The van der Waals surface area contributed by atoms with E-state index in [4.69, 9.17) is 0 Å². The molecule has 208 valence electrons. The van der Waals surface area contributed by atoms with Crippen LogP contribution in [-0.4, -0.2) is 59.5 Å². The zero-order valence-corrected chi connectivity index (χ0v) is 23.4. The van der Waals surface area contributed by atoms with Crippen LogP contribution in [0.5, 0.6) is 0 Å². The third-order valence-corrected chi connectivity index (χ3v) is 7.34. The van der Waals surface area contributed by atoms with Gasteiger partial charge >= 0.3 is 0 Å². The van der Waals surface area contributed by atoms with Crippen molar-refractivity contribution < 1.29 is 19.5 Å². The number of hydrogen-bond acceptors (Lipinski definition) is 4. The highest BCUT2D eigenvalue weighted by Gasteiger charge is 2.28. The summed E-state index contributed by atoms with van der Waals surface area (Å²) in [5, 5.41) is 17.1. The lowest BCUT2D eigenvalue weighted by Gasteiger charge is -2.29. The van der Waals surface area contributed by atoms with E-state index in [9.17, 15) is 19.5 Å². The van der Waals surface area contributed by atoms with Crippen molar-refractivity contribution >= 4 is 17.7 Å². The van der Waals surface area contributed by atoms with Gasteiger partial charge in [0.05, 0.1) is 12.1 Å². The van der Waals surface area contributed by atoms with Crippen molar-refractivity contribution in [2.24, 2.45) is 11.8 Å². The molecule has 1 aliphatic heterocycles. The largest absolute Gasteiger partial charge is 0.391 e. The number of unbranched alkanes of at least 4 members (excludes halogenated alkanes) is 1. The number of nitrogens with zero attached hydrogens (tertiary/aromatic N) is 1. The standard InChI is InChI=1S/C30H49N3O4/c1-5-7-16-31-28(35)23(4)20-27(34)26-19-22(3)13-10-8-9-11-18-33(17-6-2)30(37)25-15-12-14-24(21-25)29(36)32-26/h12,14-15,21-23,26-27,34H,5-11,13,16-20H2,1-4H3,(H,31,35)(H,32,36)/t22-,23?,26+,27?/m1/s1. The predicted octanol–water partition coefficient (Wildman–Crippen LogP) is 4.93. The minimum absolute atomic E-state index is 0.0447. The molecule has 1 aliphatic rings. The fourth-order valence-electron chi connectivity index (χ4n) is 5.02. The molecular formula is C30H49N3O4. The molecule has 2 bridgehead atoms. The zero-order chi connectivity index (χ0) is 27.2. The fourth-order valence-corrected chi connectivity index (χ4v) is 5.02. The second-order valence-corrected chi connectivity index (χ2v) is 10.8. The first kappa shape index (κ1) is 30.8. The Labute approximate surface area is 223 Å². The van der Waals surface area contributed by atoms with Crippen LogP contribution in [0.1, 0.15) is 113 Å². The van der Waals surface area contributed by atoms with E-state index in [0.29, 0.717) is 36.6 Å². The highest BCUT2D eigenvalue weighted by Crippen LogP contribution is 2.21. The van der Waals surface area contributed by atoms with Gasteiger partial charge in [0.25, 0.3) is 11.8 Å². The van der Waals surface area contributed by atoms with E-state index in [2.05, 4.69) is 31.4 Å². The lowest BCUT2D eigenvalue weighted by molar-refractivity contribution is -0.125. The number of amides is 3. The van der Waals surface area contributed by atoms with E-state index < -0.39 is 12.1 Å². The molecule has 7 nitrogen and oxygen atoms in total. The minimum atomic E-state index is -0.845. The van der Waals surface area contributed by atoms with Crippen LogP contribution in [0.25, 0.3) is 0 Å². The monoisotopic (exact) mass is 515 g/mol. The third-order valence-electron chi connectivity index (χ3n) is 7.34. The predicted molar refractivity (Wildman–Crippen MR) is 148 cm³/mol. The molecule has 2 rings (SSSR count). The van der Waals surface area contributed by atoms with Crippen molar-refractivity contribution in [2.75, 3.05) is 19.6 Å². The van der Waals surface area contributed by atoms with Gasteiger partial charge in [-0.2, -0.15) is 0 Å². The molecule has 1 aromatic carbocycles. The highest BCUT2D eigenvalue weighted by molar-refractivity contribution is 5.99. The highest BCUT2D eigenvalue weighted by atomic mass is 16.3. The van der Waals surface area contributed by atoms with Gasteiger partial charge in [-0.05, 0) is 56.2 Å². The van der Waals surface area contributed by atoms with Crippen molar-refractivity contribution in [3.63, 3.8) is 0 Å². The van der Waals surface area contributed by atoms with Crippen LogP contribution < -0.4 is 10.6 Å². The van der Waals surface area contributed by atoms with Gasteiger partial charge in [0.1, 0.15) is 0 Å². The van der Waals surface area contributed by atoms with Crippen LogP contribution >= 0.6 is 0 Å². The van der Waals surface area contributed by atoms with Crippen molar-refractivity contribution in [3.05, 3.63) is 35.4 Å². The molecule has 3 amide bonds. The minimum Gasteiger partial charge on any atom is -0.391 e. The van der Waals surface area contributed by atoms with Crippen LogP contribution in [-0.2, 0) is 4.79 Å². The molecule has 0 saturated heterocycles. The molecule has 7 heteroatoms. The number of fused-ring (bicyclic) bond motifs is 2. The average Bonchev–Trinajstić information content (AvgIpc) is 2.88. The van der Waals surface area contributed by atoms with Gasteiger partial charge in [-0.1, -0.05) is 65.9 Å². The molecule has 2 unspecified atom stereocenters. The molecule has 0 fully saturated rings. The number of benzene rings is 1.